The van der Waals surface area contributed by atoms with Gasteiger partial charge in [0.1, 0.15) is 0 Å². The molecule has 0 bridgehead atoms. The number of rotatable bonds is 5. The SMILES string of the molecule is C=c1ccc(C2=C(c3cccc(C)n3)NC=CC=C2)c/c1=C/C(=C\C)c1cccc(C(=O)O)c1. The van der Waals surface area contributed by atoms with Crippen LogP contribution in [0.15, 0.2) is 91.2 Å². The second kappa shape index (κ2) is 10.0. The average molecular weight is 447 g/mol. The van der Waals surface area contributed by atoms with Gasteiger partial charge in [0.15, 0.2) is 0 Å². The number of benzene rings is 2. The minimum Gasteiger partial charge on any atom is -0.478 e. The Morgan fingerprint density at radius 2 is 1.82 bits per heavy atom. The van der Waals surface area contributed by atoms with Gasteiger partial charge in [0.05, 0.1) is 17.0 Å². The second-order valence-corrected chi connectivity index (χ2v) is 8.00. The van der Waals surface area contributed by atoms with Crippen molar-refractivity contribution in [3.63, 3.8) is 0 Å². The highest BCUT2D eigenvalue weighted by Gasteiger charge is 2.12. The Morgan fingerprint density at radius 1 is 1.03 bits per heavy atom. The fraction of sp³-hybridized carbons (Fsp3) is 0.0667. The number of nitrogens with zero attached hydrogens (tertiary/aromatic N) is 1. The van der Waals surface area contributed by atoms with Crippen molar-refractivity contribution in [3.05, 3.63) is 130 Å². The maximum atomic E-state index is 11.4. The van der Waals surface area contributed by atoms with Gasteiger partial charge in [-0.2, -0.15) is 0 Å². The number of carboxylic acids is 1. The minimum atomic E-state index is -0.942. The van der Waals surface area contributed by atoms with Crippen LogP contribution in [0, 0.1) is 6.92 Å². The molecule has 3 aromatic rings. The van der Waals surface area contributed by atoms with Gasteiger partial charge < -0.3 is 10.4 Å². The van der Waals surface area contributed by atoms with Crippen LogP contribution in [0.5, 0.6) is 0 Å². The molecule has 0 aliphatic carbocycles. The van der Waals surface area contributed by atoms with Crippen LogP contribution >= 0.6 is 0 Å². The van der Waals surface area contributed by atoms with Crippen molar-refractivity contribution in [3.8, 4) is 0 Å². The Bertz CT molecular complexity index is 1490. The van der Waals surface area contributed by atoms with Crippen LogP contribution in [-0.4, -0.2) is 16.1 Å². The summed E-state index contributed by atoms with van der Waals surface area (Å²) >= 11 is 0. The van der Waals surface area contributed by atoms with Crippen LogP contribution < -0.4 is 15.8 Å². The van der Waals surface area contributed by atoms with Crippen molar-refractivity contribution in [2.45, 2.75) is 13.8 Å². The molecule has 0 saturated carbocycles. The number of carboxylic acid groups (broad SMARTS) is 1. The summed E-state index contributed by atoms with van der Waals surface area (Å²) in [7, 11) is 0. The number of allylic oxidation sites excluding steroid dienone is 6. The second-order valence-electron chi connectivity index (χ2n) is 8.00. The number of pyridine rings is 1. The highest BCUT2D eigenvalue weighted by Crippen LogP contribution is 2.26. The summed E-state index contributed by atoms with van der Waals surface area (Å²) in [6, 6.07) is 19.1. The van der Waals surface area contributed by atoms with E-state index in [9.17, 15) is 9.90 Å². The van der Waals surface area contributed by atoms with Gasteiger partial charge >= 0.3 is 5.97 Å². The summed E-state index contributed by atoms with van der Waals surface area (Å²) in [5, 5.41) is 14.6. The molecule has 0 atom stereocenters. The molecule has 0 spiro atoms. The molecule has 0 saturated heterocycles. The van der Waals surface area contributed by atoms with E-state index in [1.54, 1.807) is 18.2 Å². The van der Waals surface area contributed by atoms with E-state index in [0.717, 1.165) is 49.8 Å². The van der Waals surface area contributed by atoms with E-state index in [0.29, 0.717) is 0 Å². The molecule has 4 heteroatoms. The molecule has 1 aliphatic rings. The molecule has 4 rings (SSSR count). The van der Waals surface area contributed by atoms with Gasteiger partial charge in [0.2, 0.25) is 0 Å². The van der Waals surface area contributed by atoms with E-state index in [-0.39, 0.29) is 5.56 Å². The fourth-order valence-electron chi connectivity index (χ4n) is 3.86. The van der Waals surface area contributed by atoms with Gasteiger partial charge in [0.25, 0.3) is 0 Å². The Kier molecular flexibility index (Phi) is 6.69. The average Bonchev–Trinajstić information content (AvgIpc) is 3.10. The number of aromatic carboxylic acids is 1. The Hall–Kier alpha value is -4.44. The highest BCUT2D eigenvalue weighted by atomic mass is 16.4. The molecule has 2 heterocycles. The molecule has 1 aliphatic heterocycles. The van der Waals surface area contributed by atoms with Crippen molar-refractivity contribution in [2.24, 2.45) is 0 Å². The summed E-state index contributed by atoms with van der Waals surface area (Å²) in [6.45, 7) is 8.14. The lowest BCUT2D eigenvalue weighted by Crippen LogP contribution is -2.23. The topological polar surface area (TPSA) is 62.2 Å². The lowest BCUT2D eigenvalue weighted by Gasteiger charge is -2.13. The Labute approximate surface area is 199 Å². The number of aryl methyl sites for hydroxylation is 1. The van der Waals surface area contributed by atoms with E-state index in [1.807, 2.05) is 74.7 Å². The maximum Gasteiger partial charge on any atom is 0.335 e. The lowest BCUT2D eigenvalue weighted by molar-refractivity contribution is 0.0697. The predicted molar refractivity (Wildman–Crippen MR) is 140 cm³/mol. The van der Waals surface area contributed by atoms with Crippen molar-refractivity contribution >= 4 is 35.5 Å². The van der Waals surface area contributed by atoms with E-state index >= 15 is 0 Å². The first-order valence-electron chi connectivity index (χ1n) is 11.1. The Balaban J connectivity index is 1.85. The summed E-state index contributed by atoms with van der Waals surface area (Å²) in [4.78, 5) is 16.1. The van der Waals surface area contributed by atoms with Gasteiger partial charge in [-0.3, -0.25) is 4.98 Å². The highest BCUT2D eigenvalue weighted by molar-refractivity contribution is 5.96. The zero-order valence-corrected chi connectivity index (χ0v) is 19.2. The molecule has 0 radical (unpaired) electrons. The van der Waals surface area contributed by atoms with Crippen molar-refractivity contribution in [1.29, 1.82) is 0 Å². The van der Waals surface area contributed by atoms with Gasteiger partial charge in [-0.1, -0.05) is 55.1 Å². The molecule has 2 N–H and O–H groups in total. The molecule has 0 fully saturated rings. The van der Waals surface area contributed by atoms with E-state index in [4.69, 9.17) is 4.98 Å². The summed E-state index contributed by atoms with van der Waals surface area (Å²) < 4.78 is 0. The molecule has 2 aromatic carbocycles. The van der Waals surface area contributed by atoms with E-state index in [2.05, 4.69) is 30.1 Å². The lowest BCUT2D eigenvalue weighted by atomic mass is 9.97. The third-order valence-corrected chi connectivity index (χ3v) is 5.63. The molecule has 4 nitrogen and oxygen atoms in total. The molecule has 0 unspecified atom stereocenters. The van der Waals surface area contributed by atoms with Gasteiger partial charge in [-0.05, 0) is 83.5 Å². The van der Waals surface area contributed by atoms with Crippen LogP contribution in [0.1, 0.15) is 39.8 Å². The molecule has 0 amide bonds. The molecule has 34 heavy (non-hydrogen) atoms. The summed E-state index contributed by atoms with van der Waals surface area (Å²) in [6.07, 6.45) is 12.0. The molecular formula is C30H26N2O2. The van der Waals surface area contributed by atoms with Crippen molar-refractivity contribution < 1.29 is 9.90 Å². The normalized spacial score (nSPS) is 14.2. The van der Waals surface area contributed by atoms with Gasteiger partial charge in [-0.25, -0.2) is 4.79 Å². The van der Waals surface area contributed by atoms with E-state index in [1.165, 1.54) is 0 Å². The minimum absolute atomic E-state index is 0.261. The third-order valence-electron chi connectivity index (χ3n) is 5.63. The van der Waals surface area contributed by atoms with Gasteiger partial charge in [-0.15, -0.1) is 0 Å². The number of hydrogen-bond acceptors (Lipinski definition) is 3. The predicted octanol–water partition coefficient (Wildman–Crippen LogP) is 4.92. The van der Waals surface area contributed by atoms with Crippen LogP contribution in [0.4, 0.5) is 0 Å². The first-order valence-corrected chi connectivity index (χ1v) is 11.1. The quantitative estimate of drug-likeness (QED) is 0.584. The molecule has 1 aromatic heterocycles. The molecular weight excluding hydrogens is 420 g/mol. The summed E-state index contributed by atoms with van der Waals surface area (Å²) in [5.41, 5.74) is 6.83. The van der Waals surface area contributed by atoms with Crippen LogP contribution in [0.3, 0.4) is 0 Å². The zero-order valence-electron chi connectivity index (χ0n) is 19.2. The number of nitrogens with one attached hydrogen (secondary N) is 1. The largest absolute Gasteiger partial charge is 0.478 e. The Morgan fingerprint density at radius 3 is 2.59 bits per heavy atom. The van der Waals surface area contributed by atoms with Crippen LogP contribution in [-0.2, 0) is 0 Å². The molecule has 168 valence electrons. The maximum absolute atomic E-state index is 11.4. The number of aromatic nitrogens is 1. The third kappa shape index (κ3) is 4.97. The van der Waals surface area contributed by atoms with Crippen molar-refractivity contribution in [1.82, 2.24) is 10.3 Å². The summed E-state index contributed by atoms with van der Waals surface area (Å²) in [5.74, 6) is -0.942. The smallest absolute Gasteiger partial charge is 0.335 e. The standard InChI is InChI=1S/C30H26N2O2/c1-4-22(23-10-8-11-25(18-23)30(33)34)17-26-19-24(15-14-20(26)2)27-12-5-6-16-31-29(27)28-13-7-9-21(3)32-28/h4-19,31H,2H2,1,3H3,(H,33,34)/b22-4+,26-17-. The van der Waals surface area contributed by atoms with Crippen LogP contribution in [0.25, 0.3) is 29.5 Å². The fourth-order valence-corrected chi connectivity index (χ4v) is 3.86. The monoisotopic (exact) mass is 446 g/mol. The van der Waals surface area contributed by atoms with Gasteiger partial charge in [0, 0.05) is 17.5 Å². The number of hydrogen-bond donors (Lipinski definition) is 2. The van der Waals surface area contributed by atoms with E-state index < -0.39 is 5.97 Å². The van der Waals surface area contributed by atoms with Crippen molar-refractivity contribution in [2.75, 3.05) is 0 Å². The first-order chi connectivity index (χ1) is 16.5. The number of carbonyl (C=O) groups is 1. The first kappa shape index (κ1) is 22.7. The van der Waals surface area contributed by atoms with Crippen LogP contribution in [0.2, 0.25) is 0 Å². The zero-order chi connectivity index (χ0) is 24.1.